The van der Waals surface area contributed by atoms with Gasteiger partial charge in [0.25, 0.3) is 5.91 Å². The van der Waals surface area contributed by atoms with E-state index in [0.717, 1.165) is 25.3 Å². The Labute approximate surface area is 197 Å². The zero-order valence-corrected chi connectivity index (χ0v) is 19.9. The second-order valence-corrected chi connectivity index (χ2v) is 9.20. The number of carbonyl (C=O) groups is 1. The minimum absolute atomic E-state index is 0.0848. The third-order valence-corrected chi connectivity index (χ3v) is 6.61. The van der Waals surface area contributed by atoms with Crippen molar-refractivity contribution in [2.75, 3.05) is 12.4 Å². The van der Waals surface area contributed by atoms with Crippen molar-refractivity contribution in [3.63, 3.8) is 0 Å². The molecule has 0 aliphatic heterocycles. The van der Waals surface area contributed by atoms with E-state index in [1.807, 2.05) is 36.4 Å². The van der Waals surface area contributed by atoms with E-state index in [0.29, 0.717) is 10.2 Å². The quantitative estimate of drug-likeness (QED) is 0.217. The molecular formula is C21H13Br2N3O4S. The van der Waals surface area contributed by atoms with Crippen LogP contribution < -0.4 is 10.1 Å². The zero-order valence-electron chi connectivity index (χ0n) is 15.9. The normalized spacial score (nSPS) is 10.8. The number of hydrogen-bond donors (Lipinski definition) is 1. The van der Waals surface area contributed by atoms with Crippen LogP contribution in [-0.2, 0) is 0 Å². The molecule has 0 bridgehead atoms. The Kier molecular flexibility index (Phi) is 6.03. The number of ether oxygens (including phenoxy) is 1. The standard InChI is InChI=1S/C21H13Br2N3O4S/c1-30-17-7-6-11(8-16(17)26(28)29)20(27)25-19-13(9-12(22)10-14(19)23)21-24-15-4-2-3-5-18(15)31-21/h2-10H,1H3,(H,25,27). The predicted molar refractivity (Wildman–Crippen MR) is 128 cm³/mol. The average molecular weight is 563 g/mol. The number of halogens is 2. The molecule has 4 rings (SSSR count). The minimum Gasteiger partial charge on any atom is -0.490 e. The second-order valence-electron chi connectivity index (χ2n) is 6.39. The molecule has 0 fully saturated rings. The highest BCUT2D eigenvalue weighted by Gasteiger charge is 2.21. The number of rotatable bonds is 5. The van der Waals surface area contributed by atoms with Crippen LogP contribution in [0, 0.1) is 10.1 Å². The van der Waals surface area contributed by atoms with Gasteiger partial charge in [-0.1, -0.05) is 28.1 Å². The number of nitrogens with zero attached hydrogens (tertiary/aromatic N) is 2. The smallest absolute Gasteiger partial charge is 0.311 e. The van der Waals surface area contributed by atoms with Crippen LogP contribution in [0.1, 0.15) is 10.4 Å². The summed E-state index contributed by atoms with van der Waals surface area (Å²) >= 11 is 8.50. The summed E-state index contributed by atoms with van der Waals surface area (Å²) in [7, 11) is 1.34. The molecule has 4 aromatic rings. The number of methoxy groups -OCH3 is 1. The maximum Gasteiger partial charge on any atom is 0.311 e. The molecule has 31 heavy (non-hydrogen) atoms. The third-order valence-electron chi connectivity index (χ3n) is 4.46. The number of para-hydroxylation sites is 1. The first-order valence-electron chi connectivity index (χ1n) is 8.86. The summed E-state index contributed by atoms with van der Waals surface area (Å²) < 4.78 is 7.49. The number of anilines is 1. The van der Waals surface area contributed by atoms with Crippen molar-refractivity contribution >= 4 is 70.7 Å². The van der Waals surface area contributed by atoms with E-state index in [1.54, 1.807) is 0 Å². The van der Waals surface area contributed by atoms with Crippen molar-refractivity contribution in [3.8, 4) is 16.3 Å². The van der Waals surface area contributed by atoms with Crippen LogP contribution in [0.5, 0.6) is 5.75 Å². The molecule has 1 N–H and O–H groups in total. The lowest BCUT2D eigenvalue weighted by molar-refractivity contribution is -0.385. The topological polar surface area (TPSA) is 94.4 Å². The van der Waals surface area contributed by atoms with Gasteiger partial charge in [-0.05, 0) is 52.3 Å². The molecule has 1 heterocycles. The minimum atomic E-state index is -0.586. The van der Waals surface area contributed by atoms with Crippen LogP contribution in [0.3, 0.4) is 0 Å². The van der Waals surface area contributed by atoms with Gasteiger partial charge in [-0.15, -0.1) is 11.3 Å². The zero-order chi connectivity index (χ0) is 22.1. The lowest BCUT2D eigenvalue weighted by Gasteiger charge is -2.13. The Bertz CT molecular complexity index is 1310. The molecule has 156 valence electrons. The average Bonchev–Trinajstić information content (AvgIpc) is 3.18. The van der Waals surface area contributed by atoms with Gasteiger partial charge < -0.3 is 10.1 Å². The van der Waals surface area contributed by atoms with E-state index in [4.69, 9.17) is 4.74 Å². The maximum absolute atomic E-state index is 13.0. The van der Waals surface area contributed by atoms with Crippen molar-refractivity contribution < 1.29 is 14.5 Å². The molecule has 0 saturated heterocycles. The highest BCUT2D eigenvalue weighted by atomic mass is 79.9. The largest absolute Gasteiger partial charge is 0.490 e. The molecule has 1 aromatic heterocycles. The number of nitrogens with one attached hydrogen (secondary N) is 1. The van der Waals surface area contributed by atoms with Crippen LogP contribution in [0.4, 0.5) is 11.4 Å². The van der Waals surface area contributed by atoms with Crippen LogP contribution in [-0.4, -0.2) is 22.9 Å². The lowest BCUT2D eigenvalue weighted by atomic mass is 10.1. The molecule has 0 atom stereocenters. The Morgan fingerprint density at radius 1 is 1.16 bits per heavy atom. The predicted octanol–water partition coefficient (Wildman–Crippen LogP) is 6.66. The second kappa shape index (κ2) is 8.74. The van der Waals surface area contributed by atoms with E-state index in [-0.39, 0.29) is 17.0 Å². The number of thiazole rings is 1. The summed E-state index contributed by atoms with van der Waals surface area (Å²) in [6.07, 6.45) is 0. The highest BCUT2D eigenvalue weighted by Crippen LogP contribution is 2.41. The van der Waals surface area contributed by atoms with Crippen molar-refractivity contribution in [2.24, 2.45) is 0 Å². The molecule has 0 saturated carbocycles. The molecular weight excluding hydrogens is 550 g/mol. The summed E-state index contributed by atoms with van der Waals surface area (Å²) in [5.74, 6) is -0.405. The van der Waals surface area contributed by atoms with E-state index < -0.39 is 10.8 Å². The van der Waals surface area contributed by atoms with E-state index in [2.05, 4.69) is 42.2 Å². The molecule has 0 radical (unpaired) electrons. The Morgan fingerprint density at radius 3 is 2.65 bits per heavy atom. The third kappa shape index (κ3) is 4.32. The van der Waals surface area contributed by atoms with Crippen molar-refractivity contribution in [1.29, 1.82) is 0 Å². The number of nitro benzene ring substituents is 1. The van der Waals surface area contributed by atoms with Crippen LogP contribution in [0.25, 0.3) is 20.8 Å². The fraction of sp³-hybridized carbons (Fsp3) is 0.0476. The summed E-state index contributed by atoms with van der Waals surface area (Å²) in [5, 5.41) is 14.9. The van der Waals surface area contributed by atoms with Gasteiger partial charge in [0.2, 0.25) is 0 Å². The summed E-state index contributed by atoms with van der Waals surface area (Å²) in [6.45, 7) is 0. The number of benzene rings is 3. The van der Waals surface area contributed by atoms with Gasteiger partial charge in [-0.25, -0.2) is 4.98 Å². The molecule has 0 aliphatic carbocycles. The highest BCUT2D eigenvalue weighted by molar-refractivity contribution is 9.11. The van der Waals surface area contributed by atoms with Gasteiger partial charge in [-0.2, -0.15) is 0 Å². The first-order valence-corrected chi connectivity index (χ1v) is 11.3. The summed E-state index contributed by atoms with van der Waals surface area (Å²) in [4.78, 5) is 28.4. The van der Waals surface area contributed by atoms with E-state index in [9.17, 15) is 14.9 Å². The first-order chi connectivity index (χ1) is 14.9. The van der Waals surface area contributed by atoms with E-state index >= 15 is 0 Å². The van der Waals surface area contributed by atoms with Crippen molar-refractivity contribution in [2.45, 2.75) is 0 Å². The molecule has 1 amide bonds. The molecule has 10 heteroatoms. The SMILES string of the molecule is COc1ccc(C(=O)Nc2c(Br)cc(Br)cc2-c2nc3ccccc3s2)cc1[N+](=O)[O-]. The first kappa shape index (κ1) is 21.4. The van der Waals surface area contributed by atoms with Gasteiger partial charge in [0.1, 0.15) is 5.01 Å². The van der Waals surface area contributed by atoms with Crippen LogP contribution in [0.15, 0.2) is 63.5 Å². The number of amides is 1. The molecule has 0 aliphatic rings. The van der Waals surface area contributed by atoms with Gasteiger partial charge in [0, 0.05) is 26.1 Å². The van der Waals surface area contributed by atoms with Crippen molar-refractivity contribution in [3.05, 3.63) is 79.2 Å². The number of fused-ring (bicyclic) bond motifs is 1. The Balaban J connectivity index is 1.76. The molecule has 7 nitrogen and oxygen atoms in total. The molecule has 3 aromatic carbocycles. The number of aromatic nitrogens is 1. The van der Waals surface area contributed by atoms with E-state index in [1.165, 1.54) is 36.6 Å². The number of carbonyl (C=O) groups excluding carboxylic acids is 1. The summed E-state index contributed by atoms with van der Waals surface area (Å²) in [6, 6.07) is 15.5. The molecule has 0 spiro atoms. The monoisotopic (exact) mass is 561 g/mol. The summed E-state index contributed by atoms with van der Waals surface area (Å²) in [5.41, 5.74) is 1.96. The van der Waals surface area contributed by atoms with Gasteiger partial charge >= 0.3 is 5.69 Å². The fourth-order valence-electron chi connectivity index (χ4n) is 3.02. The Morgan fingerprint density at radius 2 is 1.94 bits per heavy atom. The van der Waals surface area contributed by atoms with Gasteiger partial charge in [0.05, 0.1) is 27.9 Å². The van der Waals surface area contributed by atoms with Gasteiger partial charge in [0.15, 0.2) is 5.75 Å². The fourth-order valence-corrected chi connectivity index (χ4v) is 5.33. The van der Waals surface area contributed by atoms with Crippen LogP contribution in [0.2, 0.25) is 0 Å². The lowest BCUT2D eigenvalue weighted by Crippen LogP contribution is -2.13. The maximum atomic E-state index is 13.0. The number of nitro groups is 1. The number of hydrogen-bond acceptors (Lipinski definition) is 6. The Hall–Kier alpha value is -2.82. The van der Waals surface area contributed by atoms with Crippen LogP contribution >= 0.6 is 43.2 Å². The van der Waals surface area contributed by atoms with Gasteiger partial charge in [-0.3, -0.25) is 14.9 Å². The molecule has 0 unspecified atom stereocenters. The van der Waals surface area contributed by atoms with Crippen molar-refractivity contribution in [1.82, 2.24) is 4.98 Å².